The van der Waals surface area contributed by atoms with E-state index < -0.39 is 0 Å². The number of nitrogens with one attached hydrogen (secondary N) is 1. The van der Waals surface area contributed by atoms with Crippen molar-refractivity contribution in [1.29, 1.82) is 0 Å². The summed E-state index contributed by atoms with van der Waals surface area (Å²) >= 11 is 2.14. The molecule has 0 aliphatic carbocycles. The second-order valence-corrected chi connectivity index (χ2v) is 7.78. The van der Waals surface area contributed by atoms with Gasteiger partial charge in [0.25, 0.3) is 5.91 Å². The minimum absolute atomic E-state index is 0.142. The van der Waals surface area contributed by atoms with Crippen LogP contribution in [0.2, 0.25) is 0 Å². The van der Waals surface area contributed by atoms with E-state index in [1.165, 1.54) is 0 Å². The molecule has 32 heavy (non-hydrogen) atoms. The maximum Gasteiger partial charge on any atom is 0.252 e. The third-order valence-corrected chi connectivity index (χ3v) is 5.58. The minimum Gasteiger partial charge on any atom is -0.493 e. The van der Waals surface area contributed by atoms with Crippen molar-refractivity contribution in [2.45, 2.75) is 0 Å². The molecule has 0 fully saturated rings. The topological polar surface area (TPSA) is 99.9 Å². The van der Waals surface area contributed by atoms with Crippen molar-refractivity contribution >= 4 is 34.1 Å². The summed E-state index contributed by atoms with van der Waals surface area (Å²) in [5.41, 5.74) is 1.98. The largest absolute Gasteiger partial charge is 0.493 e. The standard InChI is InChI=1S/C22H20IN5O4/c1-30-17-8-7-14(13-18(17)31-2)21-26-25-19-9-10-20(27-28(19)21)32-12-11-24-22(29)15-5-3-4-6-16(15)23/h3-10,13H,11-12H2,1-2H3,(H,24,29). The zero-order valence-electron chi connectivity index (χ0n) is 17.4. The number of aromatic nitrogens is 4. The lowest BCUT2D eigenvalue weighted by molar-refractivity contribution is 0.0945. The summed E-state index contributed by atoms with van der Waals surface area (Å²) in [4.78, 5) is 12.3. The molecule has 0 radical (unpaired) electrons. The van der Waals surface area contributed by atoms with Crippen molar-refractivity contribution in [3.05, 3.63) is 63.7 Å². The number of carbonyl (C=O) groups excluding carboxylic acids is 1. The third-order valence-electron chi connectivity index (χ3n) is 4.64. The number of hydrogen-bond donors (Lipinski definition) is 1. The van der Waals surface area contributed by atoms with Gasteiger partial charge >= 0.3 is 0 Å². The summed E-state index contributed by atoms with van der Waals surface area (Å²) in [6.07, 6.45) is 0. The number of methoxy groups -OCH3 is 2. The van der Waals surface area contributed by atoms with Crippen LogP contribution in [0.15, 0.2) is 54.6 Å². The third kappa shape index (κ3) is 4.59. The maximum absolute atomic E-state index is 12.3. The van der Waals surface area contributed by atoms with Gasteiger partial charge in [0, 0.05) is 15.2 Å². The molecule has 2 aromatic heterocycles. The number of carbonyl (C=O) groups is 1. The fourth-order valence-electron chi connectivity index (χ4n) is 3.07. The van der Waals surface area contributed by atoms with Crippen LogP contribution in [-0.2, 0) is 0 Å². The number of halogens is 1. The van der Waals surface area contributed by atoms with Crippen LogP contribution < -0.4 is 19.5 Å². The summed E-state index contributed by atoms with van der Waals surface area (Å²) in [5.74, 6) is 1.99. The van der Waals surface area contributed by atoms with Gasteiger partial charge in [-0.25, -0.2) is 0 Å². The van der Waals surface area contributed by atoms with Crippen LogP contribution in [0.4, 0.5) is 0 Å². The number of nitrogens with zero attached hydrogens (tertiary/aromatic N) is 4. The summed E-state index contributed by atoms with van der Waals surface area (Å²) in [6, 6.07) is 16.3. The molecule has 4 rings (SSSR count). The van der Waals surface area contributed by atoms with E-state index in [1.54, 1.807) is 43.0 Å². The van der Waals surface area contributed by atoms with Crippen LogP contribution in [0.5, 0.6) is 17.4 Å². The van der Waals surface area contributed by atoms with E-state index in [1.807, 2.05) is 30.3 Å². The second kappa shape index (κ2) is 9.81. The summed E-state index contributed by atoms with van der Waals surface area (Å²) in [7, 11) is 3.16. The lowest BCUT2D eigenvalue weighted by Crippen LogP contribution is -2.28. The molecule has 9 nitrogen and oxygen atoms in total. The Labute approximate surface area is 197 Å². The highest BCUT2D eigenvalue weighted by Gasteiger charge is 2.14. The number of amides is 1. The van der Waals surface area contributed by atoms with Gasteiger partial charge in [0.2, 0.25) is 5.88 Å². The Morgan fingerprint density at radius 2 is 1.84 bits per heavy atom. The Morgan fingerprint density at radius 1 is 1.03 bits per heavy atom. The molecule has 1 N–H and O–H groups in total. The molecule has 0 saturated carbocycles. The average Bonchev–Trinajstić information content (AvgIpc) is 3.24. The number of ether oxygens (including phenoxy) is 3. The van der Waals surface area contributed by atoms with Crippen LogP contribution >= 0.6 is 22.6 Å². The average molecular weight is 545 g/mol. The van der Waals surface area contributed by atoms with Crippen LogP contribution in [-0.4, -0.2) is 53.1 Å². The first kappa shape index (κ1) is 21.8. The van der Waals surface area contributed by atoms with Crippen molar-refractivity contribution in [1.82, 2.24) is 25.1 Å². The number of benzene rings is 2. The molecule has 164 valence electrons. The van der Waals surface area contributed by atoms with E-state index in [0.717, 1.165) is 9.13 Å². The van der Waals surface area contributed by atoms with E-state index in [-0.39, 0.29) is 12.5 Å². The number of rotatable bonds is 8. The highest BCUT2D eigenvalue weighted by atomic mass is 127. The van der Waals surface area contributed by atoms with Crippen molar-refractivity contribution < 1.29 is 19.0 Å². The summed E-state index contributed by atoms with van der Waals surface area (Å²) in [6.45, 7) is 0.607. The Balaban J connectivity index is 1.45. The molecule has 2 heterocycles. The van der Waals surface area contributed by atoms with Crippen molar-refractivity contribution in [3.8, 4) is 28.8 Å². The predicted molar refractivity (Wildman–Crippen MR) is 126 cm³/mol. The van der Waals surface area contributed by atoms with Gasteiger partial charge in [-0.1, -0.05) is 12.1 Å². The van der Waals surface area contributed by atoms with Crippen molar-refractivity contribution in [3.63, 3.8) is 0 Å². The first-order chi connectivity index (χ1) is 15.6. The van der Waals surface area contributed by atoms with Gasteiger partial charge in [0.15, 0.2) is 23.0 Å². The summed E-state index contributed by atoms with van der Waals surface area (Å²) < 4.78 is 18.9. The molecule has 0 aliphatic heterocycles. The van der Waals surface area contributed by atoms with Crippen LogP contribution in [0, 0.1) is 3.57 Å². The lowest BCUT2D eigenvalue weighted by Gasteiger charge is -2.09. The molecule has 10 heteroatoms. The molecule has 0 bridgehead atoms. The molecule has 0 spiro atoms. The Hall–Kier alpha value is -3.41. The minimum atomic E-state index is -0.142. The highest BCUT2D eigenvalue weighted by Crippen LogP contribution is 2.31. The van der Waals surface area contributed by atoms with Crippen LogP contribution in [0.1, 0.15) is 10.4 Å². The fourth-order valence-corrected chi connectivity index (χ4v) is 3.70. The molecule has 4 aromatic rings. The van der Waals surface area contributed by atoms with Gasteiger partial charge in [0.05, 0.1) is 26.3 Å². The quantitative estimate of drug-likeness (QED) is 0.268. The van der Waals surface area contributed by atoms with E-state index in [4.69, 9.17) is 14.2 Å². The van der Waals surface area contributed by atoms with Gasteiger partial charge in [-0.2, -0.15) is 4.52 Å². The number of hydrogen-bond acceptors (Lipinski definition) is 7. The lowest BCUT2D eigenvalue weighted by atomic mass is 10.2. The highest BCUT2D eigenvalue weighted by molar-refractivity contribution is 14.1. The summed E-state index contributed by atoms with van der Waals surface area (Å²) in [5, 5.41) is 15.7. The molecular weight excluding hydrogens is 525 g/mol. The monoisotopic (exact) mass is 545 g/mol. The molecule has 2 aromatic carbocycles. The molecular formula is C22H20IN5O4. The van der Waals surface area contributed by atoms with Gasteiger partial charge in [0.1, 0.15) is 6.61 Å². The molecule has 1 amide bonds. The zero-order chi connectivity index (χ0) is 22.5. The first-order valence-electron chi connectivity index (χ1n) is 9.71. The fraction of sp³-hybridized carbons (Fsp3) is 0.182. The normalized spacial score (nSPS) is 10.7. The predicted octanol–water partition coefficient (Wildman–Crippen LogP) is 3.22. The van der Waals surface area contributed by atoms with E-state index in [9.17, 15) is 4.79 Å². The SMILES string of the molecule is COc1ccc(-c2nnc3ccc(OCCNC(=O)c4ccccc4I)nn23)cc1OC. The second-order valence-electron chi connectivity index (χ2n) is 6.62. The van der Waals surface area contributed by atoms with Gasteiger partial charge in [-0.3, -0.25) is 4.79 Å². The van der Waals surface area contributed by atoms with Gasteiger partial charge in [-0.05, 0) is 59.0 Å². The molecule has 0 unspecified atom stereocenters. The Morgan fingerprint density at radius 3 is 2.62 bits per heavy atom. The Bertz CT molecular complexity index is 1260. The van der Waals surface area contributed by atoms with E-state index in [0.29, 0.717) is 41.0 Å². The van der Waals surface area contributed by atoms with Crippen LogP contribution in [0.25, 0.3) is 17.0 Å². The smallest absolute Gasteiger partial charge is 0.252 e. The number of fused-ring (bicyclic) bond motifs is 1. The Kier molecular flexibility index (Phi) is 6.69. The van der Waals surface area contributed by atoms with E-state index >= 15 is 0 Å². The van der Waals surface area contributed by atoms with Gasteiger partial charge in [-0.15, -0.1) is 15.3 Å². The first-order valence-corrected chi connectivity index (χ1v) is 10.8. The zero-order valence-corrected chi connectivity index (χ0v) is 19.6. The van der Waals surface area contributed by atoms with Gasteiger partial charge < -0.3 is 19.5 Å². The van der Waals surface area contributed by atoms with E-state index in [2.05, 4.69) is 43.2 Å². The maximum atomic E-state index is 12.3. The molecule has 0 aliphatic rings. The van der Waals surface area contributed by atoms with Crippen LogP contribution in [0.3, 0.4) is 0 Å². The van der Waals surface area contributed by atoms with Crippen molar-refractivity contribution in [2.75, 3.05) is 27.4 Å². The molecule has 0 atom stereocenters. The molecule has 0 saturated heterocycles. The van der Waals surface area contributed by atoms with Crippen molar-refractivity contribution in [2.24, 2.45) is 0 Å².